The topological polar surface area (TPSA) is 12.4 Å². The predicted molar refractivity (Wildman–Crippen MR) is 66.9 cm³/mol. The van der Waals surface area contributed by atoms with Crippen molar-refractivity contribution in [1.82, 2.24) is 0 Å². The van der Waals surface area contributed by atoms with Gasteiger partial charge in [-0.25, -0.2) is 0 Å². The molecule has 0 radical (unpaired) electrons. The number of hydrogen-bond donors (Lipinski definition) is 0. The van der Waals surface area contributed by atoms with Crippen LogP contribution >= 0.6 is 11.8 Å². The largest absolute Gasteiger partial charge is 0.272 e. The summed E-state index contributed by atoms with van der Waals surface area (Å²) < 4.78 is 0. The first-order valence-corrected chi connectivity index (χ1v) is 6.41. The van der Waals surface area contributed by atoms with Crippen molar-refractivity contribution < 1.29 is 0 Å². The van der Waals surface area contributed by atoms with Gasteiger partial charge in [-0.3, -0.25) is 4.99 Å². The predicted octanol–water partition coefficient (Wildman–Crippen LogP) is 4.25. The summed E-state index contributed by atoms with van der Waals surface area (Å²) in [6, 6.07) is 0. The van der Waals surface area contributed by atoms with Crippen LogP contribution in [0.4, 0.5) is 0 Å². The smallest absolute Gasteiger partial charge is 0.0759 e. The van der Waals surface area contributed by atoms with E-state index in [0.717, 1.165) is 0 Å². The molecule has 0 aromatic heterocycles. The number of aliphatic imine (C=N–C) groups is 1. The highest BCUT2D eigenvalue weighted by molar-refractivity contribution is 8.16. The zero-order valence-corrected chi connectivity index (χ0v) is 10.5. The van der Waals surface area contributed by atoms with Gasteiger partial charge in [-0.2, -0.15) is 0 Å². The van der Waals surface area contributed by atoms with Gasteiger partial charge in [0, 0.05) is 5.92 Å². The van der Waals surface area contributed by atoms with Gasteiger partial charge in [0.1, 0.15) is 0 Å². The van der Waals surface area contributed by atoms with Crippen LogP contribution in [0.3, 0.4) is 0 Å². The standard InChI is InChI=1S/C12H21NS/c1-5-7-10(6-2)11-13-12(3,4)8-9-14-11/h8-10H,5-7H2,1-4H3. The Morgan fingerprint density at radius 1 is 1.43 bits per heavy atom. The lowest BCUT2D eigenvalue weighted by Gasteiger charge is -2.25. The van der Waals surface area contributed by atoms with Gasteiger partial charge in [-0.1, -0.05) is 38.1 Å². The van der Waals surface area contributed by atoms with Gasteiger partial charge >= 0.3 is 0 Å². The average Bonchev–Trinajstić information content (AvgIpc) is 2.12. The van der Waals surface area contributed by atoms with Crippen LogP contribution in [0.25, 0.3) is 0 Å². The maximum Gasteiger partial charge on any atom is 0.0759 e. The van der Waals surface area contributed by atoms with E-state index in [1.807, 2.05) is 11.8 Å². The Morgan fingerprint density at radius 2 is 2.14 bits per heavy atom. The van der Waals surface area contributed by atoms with Crippen molar-refractivity contribution in [3.05, 3.63) is 11.5 Å². The van der Waals surface area contributed by atoms with Crippen molar-refractivity contribution in [1.29, 1.82) is 0 Å². The van der Waals surface area contributed by atoms with Crippen LogP contribution in [0, 0.1) is 5.92 Å². The van der Waals surface area contributed by atoms with Crippen molar-refractivity contribution in [3.63, 3.8) is 0 Å². The van der Waals surface area contributed by atoms with Crippen LogP contribution in [0.15, 0.2) is 16.5 Å². The lowest BCUT2D eigenvalue weighted by Crippen LogP contribution is -2.21. The summed E-state index contributed by atoms with van der Waals surface area (Å²) in [5.41, 5.74) is 0.0156. The number of rotatable bonds is 4. The van der Waals surface area contributed by atoms with Crippen molar-refractivity contribution in [2.45, 2.75) is 52.5 Å². The van der Waals surface area contributed by atoms with Crippen molar-refractivity contribution in [3.8, 4) is 0 Å². The third-order valence-electron chi connectivity index (χ3n) is 2.54. The first-order valence-electron chi connectivity index (χ1n) is 5.53. The molecule has 1 heterocycles. The van der Waals surface area contributed by atoms with E-state index in [0.29, 0.717) is 5.92 Å². The molecule has 1 atom stereocenters. The molecule has 0 amide bonds. The van der Waals surface area contributed by atoms with Crippen LogP contribution in [0.1, 0.15) is 47.0 Å². The van der Waals surface area contributed by atoms with Crippen molar-refractivity contribution in [2.24, 2.45) is 10.9 Å². The fraction of sp³-hybridized carbons (Fsp3) is 0.750. The van der Waals surface area contributed by atoms with Gasteiger partial charge in [0.05, 0.1) is 10.6 Å². The monoisotopic (exact) mass is 211 g/mol. The van der Waals surface area contributed by atoms with Crippen LogP contribution in [-0.2, 0) is 0 Å². The summed E-state index contributed by atoms with van der Waals surface area (Å²) >= 11 is 1.81. The van der Waals surface area contributed by atoms with Crippen molar-refractivity contribution in [2.75, 3.05) is 0 Å². The first kappa shape index (κ1) is 11.8. The Bertz CT molecular complexity index is 241. The quantitative estimate of drug-likeness (QED) is 0.677. The van der Waals surface area contributed by atoms with Crippen LogP contribution in [0.5, 0.6) is 0 Å². The Hall–Kier alpha value is -0.240. The van der Waals surface area contributed by atoms with E-state index in [4.69, 9.17) is 4.99 Å². The highest BCUT2D eigenvalue weighted by atomic mass is 32.2. The van der Waals surface area contributed by atoms with Gasteiger partial charge in [0.2, 0.25) is 0 Å². The van der Waals surface area contributed by atoms with Crippen molar-refractivity contribution >= 4 is 16.8 Å². The molecule has 0 fully saturated rings. The molecule has 1 rings (SSSR count). The molecule has 0 spiro atoms. The third-order valence-corrected chi connectivity index (χ3v) is 3.48. The van der Waals surface area contributed by atoms with E-state index in [-0.39, 0.29) is 5.54 Å². The Morgan fingerprint density at radius 3 is 2.64 bits per heavy atom. The second-order valence-corrected chi connectivity index (χ2v) is 5.34. The molecule has 0 aliphatic carbocycles. The molecule has 0 aromatic rings. The molecule has 0 aromatic carbocycles. The highest BCUT2D eigenvalue weighted by Gasteiger charge is 2.21. The summed E-state index contributed by atoms with van der Waals surface area (Å²) in [6.07, 6.45) is 5.91. The lowest BCUT2D eigenvalue weighted by molar-refractivity contribution is 0.583. The SMILES string of the molecule is CCCC(CC)C1=NC(C)(C)C=CS1. The first-order chi connectivity index (χ1) is 6.59. The van der Waals surface area contributed by atoms with Gasteiger partial charge in [0.25, 0.3) is 0 Å². The number of hydrogen-bond acceptors (Lipinski definition) is 2. The molecule has 0 saturated carbocycles. The molecule has 14 heavy (non-hydrogen) atoms. The zero-order valence-electron chi connectivity index (χ0n) is 9.71. The second kappa shape index (κ2) is 5.01. The summed E-state index contributed by atoms with van der Waals surface area (Å²) in [5, 5.41) is 3.53. The van der Waals surface area contributed by atoms with E-state index in [1.54, 1.807) is 0 Å². The van der Waals surface area contributed by atoms with E-state index in [1.165, 1.54) is 24.3 Å². The minimum Gasteiger partial charge on any atom is -0.272 e. The third kappa shape index (κ3) is 3.16. The van der Waals surface area contributed by atoms with Crippen LogP contribution in [0.2, 0.25) is 0 Å². The van der Waals surface area contributed by atoms with Gasteiger partial charge in [0.15, 0.2) is 0 Å². The van der Waals surface area contributed by atoms with Gasteiger partial charge < -0.3 is 0 Å². The van der Waals surface area contributed by atoms with Crippen LogP contribution < -0.4 is 0 Å². The molecule has 1 unspecified atom stereocenters. The molecular formula is C12H21NS. The summed E-state index contributed by atoms with van der Waals surface area (Å²) in [6.45, 7) is 8.84. The Kier molecular flexibility index (Phi) is 4.24. The number of thioether (sulfide) groups is 1. The van der Waals surface area contributed by atoms with Crippen LogP contribution in [-0.4, -0.2) is 10.6 Å². The molecule has 0 saturated heterocycles. The molecule has 80 valence electrons. The van der Waals surface area contributed by atoms with Gasteiger partial charge in [-0.15, -0.1) is 0 Å². The second-order valence-electron chi connectivity index (χ2n) is 4.42. The summed E-state index contributed by atoms with van der Waals surface area (Å²) in [7, 11) is 0. The Balaban J connectivity index is 2.71. The molecular weight excluding hydrogens is 190 g/mol. The fourth-order valence-electron chi connectivity index (χ4n) is 1.66. The molecule has 0 N–H and O–H groups in total. The minimum absolute atomic E-state index is 0.0156. The fourth-order valence-corrected chi connectivity index (χ4v) is 2.96. The van der Waals surface area contributed by atoms with E-state index < -0.39 is 0 Å². The maximum absolute atomic E-state index is 4.80. The average molecular weight is 211 g/mol. The molecule has 1 aliphatic heterocycles. The van der Waals surface area contributed by atoms with E-state index in [2.05, 4.69) is 39.2 Å². The summed E-state index contributed by atoms with van der Waals surface area (Å²) in [4.78, 5) is 4.80. The van der Waals surface area contributed by atoms with E-state index in [9.17, 15) is 0 Å². The molecule has 1 nitrogen and oxygen atoms in total. The minimum atomic E-state index is 0.0156. The molecule has 1 aliphatic rings. The molecule has 2 heteroatoms. The maximum atomic E-state index is 4.80. The zero-order chi connectivity index (χ0) is 10.6. The van der Waals surface area contributed by atoms with E-state index >= 15 is 0 Å². The lowest BCUT2D eigenvalue weighted by atomic mass is 10.0. The normalized spacial score (nSPS) is 21.9. The summed E-state index contributed by atoms with van der Waals surface area (Å²) in [5.74, 6) is 0.675. The number of nitrogens with zero attached hydrogens (tertiary/aromatic N) is 1. The highest BCUT2D eigenvalue weighted by Crippen LogP contribution is 2.29. The molecule has 0 bridgehead atoms. The Labute approximate surface area is 92.1 Å². The van der Waals surface area contributed by atoms with Gasteiger partial charge in [-0.05, 0) is 32.1 Å².